The minimum absolute atomic E-state index is 0.356. The Kier molecular flexibility index (Phi) is 5.52. The minimum Gasteiger partial charge on any atom is -0.497 e. The average molecular weight is 483 g/mol. The fraction of sp³-hybridized carbons (Fsp3) is 0.200. The van der Waals surface area contributed by atoms with Crippen LogP contribution in [0.15, 0.2) is 66.7 Å². The van der Waals surface area contributed by atoms with Crippen LogP contribution < -0.4 is 14.7 Å². The smallest absolute Gasteiger partial charge is 0.266 e. The number of halogens is 2. The van der Waals surface area contributed by atoms with Gasteiger partial charge in [-0.3, -0.25) is 14.4 Å². The Morgan fingerprint density at radius 2 is 1.73 bits per heavy atom. The van der Waals surface area contributed by atoms with E-state index in [0.717, 1.165) is 11.3 Å². The summed E-state index contributed by atoms with van der Waals surface area (Å²) in [7, 11) is 1.53. The Labute approximate surface area is 201 Å². The number of methoxy groups -OCH3 is 1. The number of carbonyl (C=O) groups is 2. The monoisotopic (exact) mass is 482 g/mol. The molecule has 8 heteroatoms. The molecule has 3 aromatic carbocycles. The highest BCUT2D eigenvalue weighted by atomic mass is 35.5. The van der Waals surface area contributed by atoms with E-state index in [1.54, 1.807) is 47.5 Å². The molecule has 2 fully saturated rings. The van der Waals surface area contributed by atoms with E-state index in [9.17, 15) is 9.59 Å². The van der Waals surface area contributed by atoms with E-state index in [1.165, 1.54) is 12.0 Å². The number of nitrogens with zero attached hydrogens (tertiary/aromatic N) is 2. The maximum atomic E-state index is 13.7. The number of aryl methyl sites for hydroxylation is 1. The molecule has 2 aliphatic rings. The van der Waals surface area contributed by atoms with E-state index in [2.05, 4.69) is 0 Å². The highest BCUT2D eigenvalue weighted by molar-refractivity contribution is 6.35. The maximum absolute atomic E-state index is 13.7. The number of amides is 2. The molecule has 2 heterocycles. The van der Waals surface area contributed by atoms with Crippen molar-refractivity contribution in [2.24, 2.45) is 5.92 Å². The van der Waals surface area contributed by atoms with Gasteiger partial charge in [0.15, 0.2) is 6.10 Å². The largest absolute Gasteiger partial charge is 0.497 e. The van der Waals surface area contributed by atoms with Crippen molar-refractivity contribution in [2.45, 2.75) is 19.1 Å². The van der Waals surface area contributed by atoms with Crippen LogP contribution in [-0.4, -0.2) is 25.0 Å². The zero-order valence-corrected chi connectivity index (χ0v) is 19.4. The zero-order valence-electron chi connectivity index (χ0n) is 17.9. The minimum atomic E-state index is -0.986. The van der Waals surface area contributed by atoms with Crippen LogP contribution in [0.4, 0.5) is 11.4 Å². The van der Waals surface area contributed by atoms with E-state index >= 15 is 0 Å². The highest BCUT2D eigenvalue weighted by Crippen LogP contribution is 2.49. The van der Waals surface area contributed by atoms with Crippen molar-refractivity contribution >= 4 is 46.4 Å². The van der Waals surface area contributed by atoms with E-state index < -0.39 is 24.0 Å². The Balaban J connectivity index is 1.62. The van der Waals surface area contributed by atoms with Gasteiger partial charge in [0, 0.05) is 16.1 Å². The molecule has 6 nitrogen and oxygen atoms in total. The molecule has 3 atom stereocenters. The van der Waals surface area contributed by atoms with Crippen LogP contribution in [0.25, 0.3) is 0 Å². The molecule has 0 radical (unpaired) electrons. The predicted octanol–water partition coefficient (Wildman–Crippen LogP) is 5.36. The molecule has 2 amide bonds. The molecule has 33 heavy (non-hydrogen) atoms. The third-order valence-corrected chi connectivity index (χ3v) is 6.62. The normalized spacial score (nSPS) is 22.1. The number of benzene rings is 3. The SMILES string of the molecule is COc1cccc(N2C(=O)C3ON(c4ccccc4C)C(c4ccc(Cl)cc4Cl)C3C2=O)c1. The molecule has 0 spiro atoms. The first-order valence-electron chi connectivity index (χ1n) is 10.4. The second-order valence-electron chi connectivity index (χ2n) is 7.99. The van der Waals surface area contributed by atoms with Crippen LogP contribution in [0.2, 0.25) is 10.0 Å². The van der Waals surface area contributed by atoms with Crippen molar-refractivity contribution < 1.29 is 19.2 Å². The van der Waals surface area contributed by atoms with Gasteiger partial charge in [-0.15, -0.1) is 0 Å². The molecule has 2 aliphatic heterocycles. The van der Waals surface area contributed by atoms with Gasteiger partial charge in [0.25, 0.3) is 5.91 Å². The third-order valence-electron chi connectivity index (χ3n) is 6.06. The summed E-state index contributed by atoms with van der Waals surface area (Å²) in [5, 5.41) is 2.52. The summed E-state index contributed by atoms with van der Waals surface area (Å²) >= 11 is 12.7. The van der Waals surface area contributed by atoms with Gasteiger partial charge in [0.2, 0.25) is 5.91 Å². The Morgan fingerprint density at radius 1 is 0.939 bits per heavy atom. The molecule has 0 saturated carbocycles. The first-order chi connectivity index (χ1) is 15.9. The van der Waals surface area contributed by atoms with Crippen LogP contribution in [0, 0.1) is 12.8 Å². The molecular weight excluding hydrogens is 463 g/mol. The Bertz CT molecular complexity index is 1260. The lowest BCUT2D eigenvalue weighted by molar-refractivity contribution is -0.126. The number of carbonyl (C=O) groups excluding carboxylic acids is 2. The second-order valence-corrected chi connectivity index (χ2v) is 8.83. The lowest BCUT2D eigenvalue weighted by atomic mass is 9.90. The standard InChI is InChI=1S/C25H20Cl2N2O4/c1-14-6-3-4-9-20(14)29-22(18-11-10-15(26)12-19(18)27)21-23(33-29)25(31)28(24(21)30)16-7-5-8-17(13-16)32-2/h3-13,21-23H,1-2H3. The number of imide groups is 1. The quantitative estimate of drug-likeness (QED) is 0.468. The average Bonchev–Trinajstić information content (AvgIpc) is 3.30. The van der Waals surface area contributed by atoms with Crippen LogP contribution in [0.3, 0.4) is 0 Å². The van der Waals surface area contributed by atoms with Gasteiger partial charge in [0.1, 0.15) is 11.7 Å². The number of hydrogen-bond donors (Lipinski definition) is 0. The summed E-state index contributed by atoms with van der Waals surface area (Å²) in [5.41, 5.74) is 2.80. The van der Waals surface area contributed by atoms with Crippen molar-refractivity contribution in [3.05, 3.63) is 87.9 Å². The molecule has 5 rings (SSSR count). The summed E-state index contributed by atoms with van der Waals surface area (Å²) in [5.74, 6) is -1.03. The van der Waals surface area contributed by atoms with Crippen molar-refractivity contribution in [3.63, 3.8) is 0 Å². The van der Waals surface area contributed by atoms with E-state index in [-0.39, 0.29) is 5.91 Å². The molecular formula is C25H20Cl2N2O4. The molecule has 0 bridgehead atoms. The van der Waals surface area contributed by atoms with Gasteiger partial charge in [-0.1, -0.05) is 53.5 Å². The zero-order chi connectivity index (χ0) is 23.3. The fourth-order valence-corrected chi connectivity index (χ4v) is 5.02. The van der Waals surface area contributed by atoms with Crippen LogP contribution in [0.1, 0.15) is 17.2 Å². The van der Waals surface area contributed by atoms with Gasteiger partial charge < -0.3 is 4.74 Å². The number of para-hydroxylation sites is 1. The topological polar surface area (TPSA) is 59.1 Å². The fourth-order valence-electron chi connectivity index (χ4n) is 4.50. The van der Waals surface area contributed by atoms with Crippen molar-refractivity contribution in [1.82, 2.24) is 0 Å². The summed E-state index contributed by atoms with van der Waals surface area (Å²) < 4.78 is 5.27. The summed E-state index contributed by atoms with van der Waals surface area (Å²) in [4.78, 5) is 34.5. The number of hydrogen-bond acceptors (Lipinski definition) is 5. The molecule has 168 valence electrons. The van der Waals surface area contributed by atoms with Crippen LogP contribution in [0.5, 0.6) is 5.75 Å². The lowest BCUT2D eigenvalue weighted by Crippen LogP contribution is -2.37. The van der Waals surface area contributed by atoms with E-state index in [4.69, 9.17) is 32.8 Å². The van der Waals surface area contributed by atoms with E-state index in [1.807, 2.05) is 31.2 Å². The maximum Gasteiger partial charge on any atom is 0.266 e. The first kappa shape index (κ1) is 21.8. The molecule has 3 aromatic rings. The Morgan fingerprint density at radius 3 is 2.45 bits per heavy atom. The molecule has 0 aromatic heterocycles. The summed E-state index contributed by atoms with van der Waals surface area (Å²) in [6.45, 7) is 1.94. The van der Waals surface area contributed by atoms with Gasteiger partial charge in [-0.25, -0.2) is 9.96 Å². The van der Waals surface area contributed by atoms with Crippen molar-refractivity contribution in [2.75, 3.05) is 17.1 Å². The van der Waals surface area contributed by atoms with Crippen LogP contribution in [-0.2, 0) is 14.4 Å². The molecule has 3 unspecified atom stereocenters. The summed E-state index contributed by atoms with van der Waals surface area (Å²) in [6.07, 6.45) is -0.986. The van der Waals surface area contributed by atoms with Crippen LogP contribution >= 0.6 is 23.2 Å². The highest BCUT2D eigenvalue weighted by Gasteiger charge is 2.60. The predicted molar refractivity (Wildman–Crippen MR) is 127 cm³/mol. The van der Waals surface area contributed by atoms with Gasteiger partial charge in [0.05, 0.1) is 24.5 Å². The Hall–Kier alpha value is -3.06. The van der Waals surface area contributed by atoms with Crippen molar-refractivity contribution in [3.8, 4) is 5.75 Å². The van der Waals surface area contributed by atoms with E-state index in [0.29, 0.717) is 27.0 Å². The number of anilines is 2. The number of hydroxylamine groups is 1. The first-order valence-corrected chi connectivity index (χ1v) is 11.1. The molecule has 0 aliphatic carbocycles. The second kappa shape index (κ2) is 8.37. The van der Waals surface area contributed by atoms with Gasteiger partial charge in [-0.2, -0.15) is 0 Å². The molecule has 2 saturated heterocycles. The van der Waals surface area contributed by atoms with Crippen molar-refractivity contribution in [1.29, 1.82) is 0 Å². The lowest BCUT2D eigenvalue weighted by Gasteiger charge is -2.30. The summed E-state index contributed by atoms with van der Waals surface area (Å²) in [6, 6.07) is 19.0. The number of rotatable bonds is 4. The molecule has 0 N–H and O–H groups in total. The van der Waals surface area contributed by atoms with Gasteiger partial charge >= 0.3 is 0 Å². The number of ether oxygens (including phenoxy) is 1. The number of fused-ring (bicyclic) bond motifs is 1. The third kappa shape index (κ3) is 3.55. The van der Waals surface area contributed by atoms with Gasteiger partial charge in [-0.05, 0) is 48.4 Å².